The lowest BCUT2D eigenvalue weighted by molar-refractivity contribution is -0.123. The number of nitrogens with one attached hydrogen (secondary N) is 1. The highest BCUT2D eigenvalue weighted by Crippen LogP contribution is 2.27. The predicted molar refractivity (Wildman–Crippen MR) is 127 cm³/mol. The first-order chi connectivity index (χ1) is 16.0. The van der Waals surface area contributed by atoms with Crippen LogP contribution in [0.3, 0.4) is 0 Å². The number of anilines is 1. The molecule has 0 saturated carbocycles. The van der Waals surface area contributed by atoms with Crippen LogP contribution in [0.4, 0.5) is 5.69 Å². The van der Waals surface area contributed by atoms with Gasteiger partial charge in [-0.15, -0.1) is 0 Å². The number of hydrogen-bond donors (Lipinski definition) is 1. The molecule has 6 heteroatoms. The lowest BCUT2D eigenvalue weighted by Crippen LogP contribution is -2.30. The molecule has 0 radical (unpaired) electrons. The van der Waals surface area contributed by atoms with Gasteiger partial charge in [0, 0.05) is 5.69 Å². The van der Waals surface area contributed by atoms with Crippen molar-refractivity contribution in [1.82, 2.24) is 0 Å². The first-order valence-corrected chi connectivity index (χ1v) is 10.4. The Balaban J connectivity index is 1.39. The molecule has 0 aliphatic carbocycles. The number of benzene rings is 4. The number of methoxy groups -OCH3 is 1. The molecule has 33 heavy (non-hydrogen) atoms. The Morgan fingerprint density at radius 3 is 2.06 bits per heavy atom. The summed E-state index contributed by atoms with van der Waals surface area (Å²) in [7, 11) is 1.49. The van der Waals surface area contributed by atoms with Crippen molar-refractivity contribution >= 4 is 28.3 Å². The van der Waals surface area contributed by atoms with E-state index in [1.54, 1.807) is 36.4 Å². The van der Waals surface area contributed by atoms with Crippen LogP contribution in [0.25, 0.3) is 10.8 Å². The van der Waals surface area contributed by atoms with Crippen LogP contribution in [0.5, 0.6) is 17.2 Å². The molecule has 0 heterocycles. The SMILES string of the molecule is COc1cc2ccccc2cc1C(=O)O[C@@H](C)C(=O)Nc1ccc(Oc2ccccc2)cc1. The van der Waals surface area contributed by atoms with Crippen LogP contribution in [0.1, 0.15) is 17.3 Å². The number of rotatable bonds is 7. The maximum atomic E-state index is 12.8. The fraction of sp³-hybridized carbons (Fsp3) is 0.111. The molecule has 4 aromatic rings. The average molecular weight is 441 g/mol. The first kappa shape index (κ1) is 21.9. The molecular formula is C27H23NO5. The molecule has 1 amide bonds. The smallest absolute Gasteiger partial charge is 0.342 e. The highest BCUT2D eigenvalue weighted by Gasteiger charge is 2.22. The van der Waals surface area contributed by atoms with Crippen LogP contribution in [0.15, 0.2) is 91.0 Å². The molecule has 4 aromatic carbocycles. The van der Waals surface area contributed by atoms with Gasteiger partial charge in [-0.3, -0.25) is 4.79 Å². The van der Waals surface area contributed by atoms with Gasteiger partial charge < -0.3 is 19.5 Å². The second-order valence-electron chi connectivity index (χ2n) is 7.38. The van der Waals surface area contributed by atoms with Crippen LogP contribution in [-0.4, -0.2) is 25.1 Å². The van der Waals surface area contributed by atoms with Crippen molar-refractivity contribution in [2.75, 3.05) is 12.4 Å². The number of amides is 1. The van der Waals surface area contributed by atoms with Gasteiger partial charge >= 0.3 is 5.97 Å². The molecule has 6 nitrogen and oxygen atoms in total. The van der Waals surface area contributed by atoms with Crippen LogP contribution in [0.2, 0.25) is 0 Å². The molecule has 0 spiro atoms. The third-order valence-corrected chi connectivity index (χ3v) is 5.04. The average Bonchev–Trinajstić information content (AvgIpc) is 2.84. The number of esters is 1. The number of ether oxygens (including phenoxy) is 3. The van der Waals surface area contributed by atoms with Crippen molar-refractivity contribution in [2.45, 2.75) is 13.0 Å². The monoisotopic (exact) mass is 441 g/mol. The maximum absolute atomic E-state index is 12.8. The summed E-state index contributed by atoms with van der Waals surface area (Å²) in [5.41, 5.74) is 0.824. The normalized spacial score (nSPS) is 11.5. The Hall–Kier alpha value is -4.32. The minimum atomic E-state index is -1.01. The van der Waals surface area contributed by atoms with E-state index in [4.69, 9.17) is 14.2 Å². The lowest BCUT2D eigenvalue weighted by atomic mass is 10.1. The van der Waals surface area contributed by atoms with Crippen molar-refractivity contribution in [3.05, 3.63) is 96.6 Å². The molecule has 0 fully saturated rings. The third-order valence-electron chi connectivity index (χ3n) is 5.04. The molecule has 0 bridgehead atoms. The van der Waals surface area contributed by atoms with Crippen LogP contribution >= 0.6 is 0 Å². The second-order valence-corrected chi connectivity index (χ2v) is 7.38. The maximum Gasteiger partial charge on any atom is 0.342 e. The Morgan fingerprint density at radius 1 is 0.788 bits per heavy atom. The zero-order valence-electron chi connectivity index (χ0n) is 18.3. The van der Waals surface area contributed by atoms with E-state index >= 15 is 0 Å². The van der Waals surface area contributed by atoms with E-state index in [9.17, 15) is 9.59 Å². The first-order valence-electron chi connectivity index (χ1n) is 10.4. The van der Waals surface area contributed by atoms with Crippen molar-refractivity contribution in [1.29, 1.82) is 0 Å². The summed E-state index contributed by atoms with van der Waals surface area (Å²) in [6, 6.07) is 27.4. The van der Waals surface area contributed by atoms with Crippen molar-refractivity contribution in [2.24, 2.45) is 0 Å². The summed E-state index contributed by atoms with van der Waals surface area (Å²) < 4.78 is 16.5. The van der Waals surface area contributed by atoms with E-state index in [0.717, 1.165) is 16.5 Å². The minimum Gasteiger partial charge on any atom is -0.496 e. The van der Waals surface area contributed by atoms with Gasteiger partial charge in [-0.2, -0.15) is 0 Å². The summed E-state index contributed by atoms with van der Waals surface area (Å²) in [5.74, 6) is 0.674. The van der Waals surface area contributed by atoms with Gasteiger partial charge in [0.25, 0.3) is 5.91 Å². The van der Waals surface area contributed by atoms with Crippen LogP contribution < -0.4 is 14.8 Å². The van der Waals surface area contributed by atoms with E-state index in [-0.39, 0.29) is 5.56 Å². The molecule has 0 unspecified atom stereocenters. The molecule has 0 aliphatic rings. The number of carbonyl (C=O) groups excluding carboxylic acids is 2. The fourth-order valence-corrected chi connectivity index (χ4v) is 3.30. The van der Waals surface area contributed by atoms with E-state index < -0.39 is 18.0 Å². The summed E-state index contributed by atoms with van der Waals surface area (Å²) in [5, 5.41) is 4.56. The zero-order valence-corrected chi connectivity index (χ0v) is 18.3. The number of carbonyl (C=O) groups is 2. The Kier molecular flexibility index (Phi) is 6.55. The Bertz CT molecular complexity index is 1270. The summed E-state index contributed by atoms with van der Waals surface area (Å²) in [6.45, 7) is 1.52. The summed E-state index contributed by atoms with van der Waals surface area (Å²) >= 11 is 0. The van der Waals surface area contributed by atoms with Gasteiger partial charge in [0.15, 0.2) is 6.10 Å². The van der Waals surface area contributed by atoms with Crippen LogP contribution in [-0.2, 0) is 9.53 Å². The molecule has 1 atom stereocenters. The largest absolute Gasteiger partial charge is 0.496 e. The Labute approximate surface area is 191 Å². The second kappa shape index (κ2) is 9.87. The number of para-hydroxylation sites is 1. The van der Waals surface area contributed by atoms with Gasteiger partial charge in [0.2, 0.25) is 0 Å². The van der Waals surface area contributed by atoms with Gasteiger partial charge in [-0.25, -0.2) is 4.79 Å². The topological polar surface area (TPSA) is 73.9 Å². The van der Waals surface area contributed by atoms with E-state index in [1.165, 1.54) is 14.0 Å². The molecular weight excluding hydrogens is 418 g/mol. The van der Waals surface area contributed by atoms with Crippen molar-refractivity contribution < 1.29 is 23.8 Å². The van der Waals surface area contributed by atoms with Crippen molar-refractivity contribution in [3.63, 3.8) is 0 Å². The van der Waals surface area contributed by atoms with Crippen molar-refractivity contribution in [3.8, 4) is 17.2 Å². The molecule has 4 rings (SSSR count). The highest BCUT2D eigenvalue weighted by atomic mass is 16.5. The standard InChI is InChI=1S/C27H23NO5/c1-18(32-27(30)24-16-19-8-6-7-9-20(19)17-25(24)31-2)26(29)28-21-12-14-23(15-13-21)33-22-10-4-3-5-11-22/h3-18H,1-2H3,(H,28,29)/t18-/m0/s1. The van der Waals surface area contributed by atoms with Gasteiger partial charge in [0.05, 0.1) is 7.11 Å². The predicted octanol–water partition coefficient (Wildman–Crippen LogP) is 5.82. The summed E-state index contributed by atoms with van der Waals surface area (Å²) in [6.07, 6.45) is -1.01. The molecule has 0 aliphatic heterocycles. The highest BCUT2D eigenvalue weighted by molar-refractivity contribution is 6.01. The molecule has 0 aromatic heterocycles. The molecule has 166 valence electrons. The number of fused-ring (bicyclic) bond motifs is 1. The molecule has 1 N–H and O–H groups in total. The molecule has 0 saturated heterocycles. The third kappa shape index (κ3) is 5.30. The Morgan fingerprint density at radius 2 is 1.39 bits per heavy atom. The van der Waals surface area contributed by atoms with Crippen LogP contribution in [0, 0.1) is 0 Å². The lowest BCUT2D eigenvalue weighted by Gasteiger charge is -2.15. The van der Waals surface area contributed by atoms with Gasteiger partial charge in [0.1, 0.15) is 22.8 Å². The summed E-state index contributed by atoms with van der Waals surface area (Å²) in [4.78, 5) is 25.3. The minimum absolute atomic E-state index is 0.262. The van der Waals surface area contributed by atoms with Gasteiger partial charge in [-0.1, -0.05) is 42.5 Å². The number of hydrogen-bond acceptors (Lipinski definition) is 5. The van der Waals surface area contributed by atoms with E-state index in [1.807, 2.05) is 54.6 Å². The van der Waals surface area contributed by atoms with E-state index in [0.29, 0.717) is 17.2 Å². The zero-order chi connectivity index (χ0) is 23.2. The van der Waals surface area contributed by atoms with E-state index in [2.05, 4.69) is 5.32 Å². The fourth-order valence-electron chi connectivity index (χ4n) is 3.30. The van der Waals surface area contributed by atoms with Gasteiger partial charge in [-0.05, 0) is 66.2 Å². The quantitative estimate of drug-likeness (QED) is 0.366.